The lowest BCUT2D eigenvalue weighted by atomic mass is 10.1. The maximum absolute atomic E-state index is 11.2. The Morgan fingerprint density at radius 2 is 2.38 bits per heavy atom. The second kappa shape index (κ2) is 7.01. The van der Waals surface area contributed by atoms with Gasteiger partial charge >= 0.3 is 5.97 Å². The third-order valence-corrected chi connectivity index (χ3v) is 2.29. The van der Waals surface area contributed by atoms with Crippen LogP contribution in [0, 0.1) is 0 Å². The van der Waals surface area contributed by atoms with Gasteiger partial charge in [-0.15, -0.1) is 0 Å². The highest BCUT2D eigenvalue weighted by molar-refractivity contribution is 5.88. The molecule has 0 aromatic heterocycles. The predicted molar refractivity (Wildman–Crippen MR) is 63.0 cm³/mol. The molecule has 0 saturated heterocycles. The highest BCUT2D eigenvalue weighted by Crippen LogP contribution is 2.09. The Bertz CT molecular complexity index is 324. The number of esters is 1. The van der Waals surface area contributed by atoms with Crippen LogP contribution in [0.5, 0.6) is 0 Å². The summed E-state index contributed by atoms with van der Waals surface area (Å²) in [6.45, 7) is 3.17. The highest BCUT2D eigenvalue weighted by atomic mass is 16.5. The summed E-state index contributed by atoms with van der Waals surface area (Å²) < 4.78 is 9.99. The van der Waals surface area contributed by atoms with E-state index in [4.69, 9.17) is 4.74 Å². The van der Waals surface area contributed by atoms with E-state index in [-0.39, 0.29) is 5.97 Å². The molecule has 0 aliphatic carbocycles. The summed E-state index contributed by atoms with van der Waals surface area (Å²) in [7, 11) is 1.39. The van der Waals surface area contributed by atoms with Crippen molar-refractivity contribution in [3.63, 3.8) is 0 Å². The second-order valence-corrected chi connectivity index (χ2v) is 3.64. The fourth-order valence-electron chi connectivity index (χ4n) is 1.43. The first-order chi connectivity index (χ1) is 7.74. The molecule has 0 amide bonds. The van der Waals surface area contributed by atoms with Crippen LogP contribution < -0.4 is 0 Å². The number of carbonyl (C=O) groups excluding carboxylic acids is 1. The molecule has 1 heterocycles. The Kier molecular flexibility index (Phi) is 5.57. The van der Waals surface area contributed by atoms with Gasteiger partial charge in [0.05, 0.1) is 13.7 Å². The minimum Gasteiger partial charge on any atom is -0.466 e. The van der Waals surface area contributed by atoms with Gasteiger partial charge in [-0.3, -0.25) is 0 Å². The van der Waals surface area contributed by atoms with Crippen LogP contribution in [-0.2, 0) is 14.3 Å². The summed E-state index contributed by atoms with van der Waals surface area (Å²) in [6, 6.07) is 0. The average molecular weight is 222 g/mol. The lowest BCUT2D eigenvalue weighted by molar-refractivity contribution is -0.136. The second-order valence-electron chi connectivity index (χ2n) is 3.64. The minimum absolute atomic E-state index is 0.287. The summed E-state index contributed by atoms with van der Waals surface area (Å²) >= 11 is 0. The van der Waals surface area contributed by atoms with E-state index >= 15 is 0 Å². The standard InChI is InChI=1S/C13H18O3/c1-11(13(14)15-2)10-12-6-3-4-8-16-9-5-7-12/h5-7,10H,3-4,8-9H2,1-2H3/b7-5?,11-10+,12-6+. The number of allylic oxidation sites excluding steroid dienone is 4. The van der Waals surface area contributed by atoms with Crippen LogP contribution in [0.4, 0.5) is 0 Å². The Balaban J connectivity index is 2.74. The van der Waals surface area contributed by atoms with Gasteiger partial charge in [0.15, 0.2) is 0 Å². The Morgan fingerprint density at radius 1 is 1.56 bits per heavy atom. The van der Waals surface area contributed by atoms with Crippen LogP contribution in [0.25, 0.3) is 0 Å². The van der Waals surface area contributed by atoms with Gasteiger partial charge in [-0.2, -0.15) is 0 Å². The number of carbonyl (C=O) groups is 1. The lowest BCUT2D eigenvalue weighted by Crippen LogP contribution is -2.01. The zero-order valence-electron chi connectivity index (χ0n) is 9.86. The Hall–Kier alpha value is -1.35. The number of ether oxygens (including phenoxy) is 2. The molecule has 0 bridgehead atoms. The van der Waals surface area contributed by atoms with E-state index in [0.717, 1.165) is 25.0 Å². The first kappa shape index (κ1) is 12.7. The molecule has 1 aliphatic heterocycles. The molecule has 0 unspecified atom stereocenters. The normalized spacial score (nSPS) is 21.4. The van der Waals surface area contributed by atoms with Crippen molar-refractivity contribution >= 4 is 5.97 Å². The van der Waals surface area contributed by atoms with Crippen LogP contribution in [-0.4, -0.2) is 26.3 Å². The number of hydrogen-bond donors (Lipinski definition) is 0. The van der Waals surface area contributed by atoms with Crippen molar-refractivity contribution < 1.29 is 14.3 Å². The zero-order chi connectivity index (χ0) is 11.8. The minimum atomic E-state index is -0.287. The van der Waals surface area contributed by atoms with E-state index in [1.807, 2.05) is 18.2 Å². The Labute approximate surface area is 96.4 Å². The molecular formula is C13H18O3. The first-order valence-corrected chi connectivity index (χ1v) is 5.45. The molecule has 16 heavy (non-hydrogen) atoms. The van der Waals surface area contributed by atoms with Crippen molar-refractivity contribution in [2.45, 2.75) is 19.8 Å². The molecule has 88 valence electrons. The molecule has 0 saturated carbocycles. The van der Waals surface area contributed by atoms with Gasteiger partial charge in [-0.1, -0.05) is 18.2 Å². The molecule has 3 heteroatoms. The van der Waals surface area contributed by atoms with Gasteiger partial charge in [0.2, 0.25) is 0 Å². The van der Waals surface area contributed by atoms with Gasteiger partial charge in [0, 0.05) is 12.2 Å². The summed E-state index contributed by atoms with van der Waals surface area (Å²) in [5, 5.41) is 0. The van der Waals surface area contributed by atoms with Gasteiger partial charge < -0.3 is 9.47 Å². The topological polar surface area (TPSA) is 35.5 Å². The SMILES string of the molecule is COC(=O)/C(C)=C/C1=C/CCCOCC=C1. The average Bonchev–Trinajstić information content (AvgIpc) is 2.42. The van der Waals surface area contributed by atoms with Crippen molar-refractivity contribution in [1.29, 1.82) is 0 Å². The number of methoxy groups -OCH3 is 1. The maximum atomic E-state index is 11.2. The van der Waals surface area contributed by atoms with Crippen LogP contribution in [0.1, 0.15) is 19.8 Å². The molecule has 0 aromatic rings. The largest absolute Gasteiger partial charge is 0.466 e. The molecule has 0 aromatic carbocycles. The molecule has 1 aliphatic rings. The van der Waals surface area contributed by atoms with Crippen molar-refractivity contribution in [2.24, 2.45) is 0 Å². The first-order valence-electron chi connectivity index (χ1n) is 5.45. The summed E-state index contributed by atoms with van der Waals surface area (Å²) in [5.74, 6) is -0.287. The quantitative estimate of drug-likeness (QED) is 0.531. The summed E-state index contributed by atoms with van der Waals surface area (Å²) in [6.07, 6.45) is 9.85. The predicted octanol–water partition coefficient (Wildman–Crippen LogP) is 2.40. The molecular weight excluding hydrogens is 204 g/mol. The van der Waals surface area contributed by atoms with E-state index in [1.54, 1.807) is 6.92 Å². The van der Waals surface area contributed by atoms with Crippen LogP contribution in [0.15, 0.2) is 35.5 Å². The van der Waals surface area contributed by atoms with Crippen molar-refractivity contribution in [3.05, 3.63) is 35.5 Å². The van der Waals surface area contributed by atoms with Crippen LogP contribution in [0.3, 0.4) is 0 Å². The van der Waals surface area contributed by atoms with Crippen LogP contribution in [0.2, 0.25) is 0 Å². The molecule has 0 atom stereocenters. The van der Waals surface area contributed by atoms with Crippen LogP contribution >= 0.6 is 0 Å². The molecule has 0 fully saturated rings. The third kappa shape index (κ3) is 4.45. The van der Waals surface area contributed by atoms with E-state index in [2.05, 4.69) is 10.8 Å². The van der Waals surface area contributed by atoms with Gasteiger partial charge in [-0.25, -0.2) is 4.79 Å². The van der Waals surface area contributed by atoms with E-state index in [1.165, 1.54) is 7.11 Å². The van der Waals surface area contributed by atoms with Crippen molar-refractivity contribution in [1.82, 2.24) is 0 Å². The van der Waals surface area contributed by atoms with E-state index in [0.29, 0.717) is 12.2 Å². The number of rotatable bonds is 2. The van der Waals surface area contributed by atoms with E-state index in [9.17, 15) is 4.79 Å². The maximum Gasteiger partial charge on any atom is 0.333 e. The zero-order valence-corrected chi connectivity index (χ0v) is 9.86. The van der Waals surface area contributed by atoms with Crippen molar-refractivity contribution in [3.8, 4) is 0 Å². The van der Waals surface area contributed by atoms with Gasteiger partial charge in [-0.05, 0) is 31.4 Å². The fourth-order valence-corrected chi connectivity index (χ4v) is 1.43. The fraction of sp³-hybridized carbons (Fsp3) is 0.462. The molecule has 1 rings (SSSR count). The molecule has 0 N–H and O–H groups in total. The van der Waals surface area contributed by atoms with Gasteiger partial charge in [0.1, 0.15) is 0 Å². The summed E-state index contributed by atoms with van der Waals surface area (Å²) in [5.41, 5.74) is 1.65. The molecule has 3 nitrogen and oxygen atoms in total. The van der Waals surface area contributed by atoms with Gasteiger partial charge in [0.25, 0.3) is 0 Å². The summed E-state index contributed by atoms with van der Waals surface area (Å²) in [4.78, 5) is 11.2. The van der Waals surface area contributed by atoms with Crippen molar-refractivity contribution in [2.75, 3.05) is 20.3 Å². The highest BCUT2D eigenvalue weighted by Gasteiger charge is 2.03. The Morgan fingerprint density at radius 3 is 3.12 bits per heavy atom. The molecule has 0 radical (unpaired) electrons. The third-order valence-electron chi connectivity index (χ3n) is 2.29. The number of hydrogen-bond acceptors (Lipinski definition) is 3. The monoisotopic (exact) mass is 222 g/mol. The smallest absolute Gasteiger partial charge is 0.333 e. The van der Waals surface area contributed by atoms with E-state index < -0.39 is 0 Å². The lowest BCUT2D eigenvalue weighted by Gasteiger charge is -1.99. The molecule has 0 spiro atoms.